The predicted octanol–water partition coefficient (Wildman–Crippen LogP) is 1.55. The zero-order valence-corrected chi connectivity index (χ0v) is 12.5. The Morgan fingerprint density at radius 1 is 1.36 bits per heavy atom. The van der Waals surface area contributed by atoms with Crippen molar-refractivity contribution in [3.05, 3.63) is 34.3 Å². The molecule has 1 N–H and O–H groups in total. The number of amides is 1. The second-order valence-electron chi connectivity index (χ2n) is 5.11. The van der Waals surface area contributed by atoms with E-state index in [1.165, 1.54) is 18.2 Å². The van der Waals surface area contributed by atoms with Gasteiger partial charge in [0.1, 0.15) is 6.54 Å². The molecular weight excluding hydrogens is 288 g/mol. The van der Waals surface area contributed by atoms with Crippen molar-refractivity contribution in [2.24, 2.45) is 0 Å². The number of oxazole rings is 1. The summed E-state index contributed by atoms with van der Waals surface area (Å²) >= 11 is 0. The van der Waals surface area contributed by atoms with Crippen LogP contribution in [0.2, 0.25) is 0 Å². The fourth-order valence-corrected chi connectivity index (χ4v) is 2.12. The van der Waals surface area contributed by atoms with E-state index in [9.17, 15) is 14.4 Å². The second-order valence-corrected chi connectivity index (χ2v) is 5.11. The molecule has 7 nitrogen and oxygen atoms in total. The molecule has 0 fully saturated rings. The number of carboxylic acids is 1. The second kappa shape index (κ2) is 6.46. The third kappa shape index (κ3) is 3.19. The number of aromatic carboxylic acids is 1. The van der Waals surface area contributed by atoms with E-state index >= 15 is 0 Å². The third-order valence-corrected chi connectivity index (χ3v) is 3.48. The number of rotatable bonds is 6. The summed E-state index contributed by atoms with van der Waals surface area (Å²) in [5.41, 5.74) is 0.606. The molecule has 0 spiro atoms. The van der Waals surface area contributed by atoms with Crippen molar-refractivity contribution in [3.63, 3.8) is 0 Å². The smallest absolute Gasteiger partial charge is 0.420 e. The molecule has 118 valence electrons. The van der Waals surface area contributed by atoms with Gasteiger partial charge >= 0.3 is 11.7 Å². The Bertz CT molecular complexity index is 759. The van der Waals surface area contributed by atoms with Crippen LogP contribution >= 0.6 is 0 Å². The number of fused-ring (bicyclic) bond motifs is 1. The highest BCUT2D eigenvalue weighted by Crippen LogP contribution is 2.15. The van der Waals surface area contributed by atoms with Crippen LogP contribution < -0.4 is 5.76 Å². The molecule has 1 heterocycles. The Morgan fingerprint density at radius 2 is 2.09 bits per heavy atom. The highest BCUT2D eigenvalue weighted by molar-refractivity contribution is 5.92. The van der Waals surface area contributed by atoms with E-state index in [4.69, 9.17) is 9.52 Å². The lowest BCUT2D eigenvalue weighted by molar-refractivity contribution is -0.130. The average molecular weight is 306 g/mol. The SMILES string of the molecule is CCCCN(C)C(=O)Cn1c(=O)oc2ccc(C(=O)O)cc21. The third-order valence-electron chi connectivity index (χ3n) is 3.48. The van der Waals surface area contributed by atoms with Gasteiger partial charge < -0.3 is 14.4 Å². The zero-order valence-electron chi connectivity index (χ0n) is 12.5. The highest BCUT2D eigenvalue weighted by atomic mass is 16.4. The number of hydrogen-bond donors (Lipinski definition) is 1. The fourth-order valence-electron chi connectivity index (χ4n) is 2.12. The molecule has 0 unspecified atom stereocenters. The molecule has 0 radical (unpaired) electrons. The normalized spacial score (nSPS) is 10.8. The zero-order chi connectivity index (χ0) is 16.3. The molecule has 1 amide bonds. The molecule has 2 aromatic rings. The minimum Gasteiger partial charge on any atom is -0.478 e. The van der Waals surface area contributed by atoms with Crippen LogP contribution in [0.1, 0.15) is 30.1 Å². The van der Waals surface area contributed by atoms with Crippen molar-refractivity contribution in [1.82, 2.24) is 9.47 Å². The summed E-state index contributed by atoms with van der Waals surface area (Å²) in [7, 11) is 1.67. The molecule has 0 aliphatic heterocycles. The first-order valence-electron chi connectivity index (χ1n) is 7.04. The molecule has 2 rings (SSSR count). The molecule has 0 aliphatic rings. The monoisotopic (exact) mass is 306 g/mol. The standard InChI is InChI=1S/C15H18N2O5/c1-3-4-7-16(2)13(18)9-17-11-8-10(14(19)20)5-6-12(11)22-15(17)21/h5-6,8H,3-4,7,9H2,1-2H3,(H,19,20). The van der Waals surface area contributed by atoms with Gasteiger partial charge in [-0.3, -0.25) is 9.36 Å². The largest absolute Gasteiger partial charge is 0.478 e. The van der Waals surface area contributed by atoms with Crippen LogP contribution in [-0.4, -0.2) is 40.0 Å². The number of nitrogens with zero attached hydrogens (tertiary/aromatic N) is 2. The van der Waals surface area contributed by atoms with Gasteiger partial charge in [0, 0.05) is 13.6 Å². The lowest BCUT2D eigenvalue weighted by atomic mass is 10.2. The van der Waals surface area contributed by atoms with Crippen LogP contribution in [0, 0.1) is 0 Å². The van der Waals surface area contributed by atoms with Crippen LogP contribution in [-0.2, 0) is 11.3 Å². The van der Waals surface area contributed by atoms with Crippen LogP contribution in [0.25, 0.3) is 11.1 Å². The number of carbonyl (C=O) groups excluding carboxylic acids is 1. The van der Waals surface area contributed by atoms with E-state index in [1.807, 2.05) is 6.92 Å². The van der Waals surface area contributed by atoms with Gasteiger partial charge in [-0.1, -0.05) is 13.3 Å². The van der Waals surface area contributed by atoms with Gasteiger partial charge in [0.15, 0.2) is 5.58 Å². The van der Waals surface area contributed by atoms with Crippen molar-refractivity contribution in [2.75, 3.05) is 13.6 Å². The number of benzene rings is 1. The van der Waals surface area contributed by atoms with Gasteiger partial charge in [0.05, 0.1) is 11.1 Å². The highest BCUT2D eigenvalue weighted by Gasteiger charge is 2.16. The number of carbonyl (C=O) groups is 2. The minimum absolute atomic E-state index is 0.0360. The molecule has 1 aromatic heterocycles. The number of aromatic nitrogens is 1. The van der Waals surface area contributed by atoms with Gasteiger partial charge in [-0.15, -0.1) is 0 Å². The number of hydrogen-bond acceptors (Lipinski definition) is 4. The minimum atomic E-state index is -1.10. The van der Waals surface area contributed by atoms with E-state index in [0.29, 0.717) is 12.1 Å². The topological polar surface area (TPSA) is 92.8 Å². The molecule has 7 heteroatoms. The summed E-state index contributed by atoms with van der Waals surface area (Å²) in [6.45, 7) is 2.47. The molecule has 0 aliphatic carbocycles. The summed E-state index contributed by atoms with van der Waals surface area (Å²) in [5, 5.41) is 9.02. The summed E-state index contributed by atoms with van der Waals surface area (Å²) in [5.74, 6) is -2.00. The Kier molecular flexibility index (Phi) is 4.65. The molecular formula is C15H18N2O5. The number of unbranched alkanes of at least 4 members (excludes halogenated alkanes) is 1. The van der Waals surface area contributed by atoms with Gasteiger partial charge in [0.2, 0.25) is 5.91 Å². The van der Waals surface area contributed by atoms with Gasteiger partial charge in [-0.25, -0.2) is 9.59 Å². The first-order chi connectivity index (χ1) is 10.4. The maximum absolute atomic E-state index is 12.1. The van der Waals surface area contributed by atoms with Crippen LogP contribution in [0.3, 0.4) is 0 Å². The van der Waals surface area contributed by atoms with Crippen molar-refractivity contribution >= 4 is 23.0 Å². The molecule has 0 saturated heterocycles. The summed E-state index contributed by atoms with van der Waals surface area (Å²) in [4.78, 5) is 36.6. The first-order valence-corrected chi connectivity index (χ1v) is 7.04. The molecule has 0 atom stereocenters. The summed E-state index contributed by atoms with van der Waals surface area (Å²) in [6.07, 6.45) is 1.85. The van der Waals surface area contributed by atoms with E-state index in [-0.39, 0.29) is 23.6 Å². The molecule has 22 heavy (non-hydrogen) atoms. The fraction of sp³-hybridized carbons (Fsp3) is 0.400. The first kappa shape index (κ1) is 15.8. The van der Waals surface area contributed by atoms with E-state index in [0.717, 1.165) is 17.4 Å². The number of carboxylic acid groups (broad SMARTS) is 1. The van der Waals surface area contributed by atoms with Gasteiger partial charge in [-0.05, 0) is 24.6 Å². The van der Waals surface area contributed by atoms with E-state index in [2.05, 4.69) is 0 Å². The van der Waals surface area contributed by atoms with Gasteiger partial charge in [-0.2, -0.15) is 0 Å². The number of likely N-dealkylation sites (N-methyl/N-ethyl adjacent to an activating group) is 1. The van der Waals surface area contributed by atoms with Crippen molar-refractivity contribution < 1.29 is 19.1 Å². The quantitative estimate of drug-likeness (QED) is 0.874. The summed E-state index contributed by atoms with van der Waals surface area (Å²) < 4.78 is 6.20. The van der Waals surface area contributed by atoms with Crippen LogP contribution in [0.4, 0.5) is 0 Å². The maximum Gasteiger partial charge on any atom is 0.420 e. The van der Waals surface area contributed by atoms with Crippen molar-refractivity contribution in [3.8, 4) is 0 Å². The Labute approximate surface area is 126 Å². The van der Waals surface area contributed by atoms with Crippen LogP contribution in [0.15, 0.2) is 27.4 Å². The predicted molar refractivity (Wildman–Crippen MR) is 80.0 cm³/mol. The van der Waals surface area contributed by atoms with Crippen molar-refractivity contribution in [1.29, 1.82) is 0 Å². The summed E-state index contributed by atoms with van der Waals surface area (Å²) in [6, 6.07) is 4.11. The van der Waals surface area contributed by atoms with E-state index in [1.54, 1.807) is 11.9 Å². The molecule has 0 saturated carbocycles. The Balaban J connectivity index is 2.32. The van der Waals surface area contributed by atoms with Crippen molar-refractivity contribution in [2.45, 2.75) is 26.3 Å². The van der Waals surface area contributed by atoms with E-state index < -0.39 is 11.7 Å². The average Bonchev–Trinajstić information content (AvgIpc) is 2.79. The molecule has 1 aromatic carbocycles. The lowest BCUT2D eigenvalue weighted by Gasteiger charge is -2.16. The Hall–Kier alpha value is -2.57. The maximum atomic E-state index is 12.1. The Morgan fingerprint density at radius 3 is 2.73 bits per heavy atom. The van der Waals surface area contributed by atoms with Crippen LogP contribution in [0.5, 0.6) is 0 Å². The van der Waals surface area contributed by atoms with Gasteiger partial charge in [0.25, 0.3) is 0 Å². The molecule has 0 bridgehead atoms. The lowest BCUT2D eigenvalue weighted by Crippen LogP contribution is -2.33.